The Morgan fingerprint density at radius 2 is 1.82 bits per heavy atom. The van der Waals surface area contributed by atoms with E-state index in [4.69, 9.17) is 4.74 Å². The van der Waals surface area contributed by atoms with E-state index >= 15 is 0 Å². The second-order valence-corrected chi connectivity index (χ2v) is 10.4. The van der Waals surface area contributed by atoms with Crippen molar-refractivity contribution in [3.8, 4) is 5.75 Å². The lowest BCUT2D eigenvalue weighted by molar-refractivity contribution is -0.116. The molecule has 0 aromatic heterocycles. The van der Waals surface area contributed by atoms with Gasteiger partial charge in [0.2, 0.25) is 15.9 Å². The summed E-state index contributed by atoms with van der Waals surface area (Å²) in [7, 11) is -2.33. The monoisotopic (exact) mass is 473 g/mol. The molecule has 0 aliphatic carbocycles. The van der Waals surface area contributed by atoms with E-state index in [0.717, 1.165) is 18.4 Å². The van der Waals surface area contributed by atoms with Crippen LogP contribution in [0.2, 0.25) is 0 Å². The fraction of sp³-hybridized carbons (Fsp3) is 0.417. The van der Waals surface area contributed by atoms with Gasteiger partial charge in [0.25, 0.3) is 5.91 Å². The molecule has 1 saturated heterocycles. The van der Waals surface area contributed by atoms with Crippen LogP contribution in [0, 0.1) is 5.92 Å². The van der Waals surface area contributed by atoms with Gasteiger partial charge in [0, 0.05) is 37.3 Å². The largest absolute Gasteiger partial charge is 0.495 e. The van der Waals surface area contributed by atoms with Crippen molar-refractivity contribution in [3.05, 3.63) is 53.6 Å². The molecule has 1 aliphatic heterocycles. The van der Waals surface area contributed by atoms with Gasteiger partial charge in [0.1, 0.15) is 10.6 Å². The summed E-state index contributed by atoms with van der Waals surface area (Å²) < 4.78 is 32.8. The van der Waals surface area contributed by atoms with Crippen molar-refractivity contribution in [2.24, 2.45) is 5.92 Å². The van der Waals surface area contributed by atoms with Crippen LogP contribution >= 0.6 is 0 Å². The molecule has 1 heterocycles. The van der Waals surface area contributed by atoms with E-state index in [1.807, 2.05) is 19.9 Å². The SMILES string of the molecule is COc1ccc(C(=O)NCc2cccc(NC(=O)CC(C)C)c2)cc1S(=O)(=O)N1CCCC1. The third-order valence-corrected chi connectivity index (χ3v) is 7.29. The molecule has 2 N–H and O–H groups in total. The molecular weight excluding hydrogens is 442 g/mol. The van der Waals surface area contributed by atoms with Crippen molar-refractivity contribution in [2.75, 3.05) is 25.5 Å². The topological polar surface area (TPSA) is 105 Å². The van der Waals surface area contributed by atoms with E-state index in [-0.39, 0.29) is 34.6 Å². The van der Waals surface area contributed by atoms with E-state index in [2.05, 4.69) is 10.6 Å². The summed E-state index contributed by atoms with van der Waals surface area (Å²) in [6.07, 6.45) is 2.07. The average Bonchev–Trinajstić information content (AvgIpc) is 3.32. The Balaban J connectivity index is 1.71. The summed E-state index contributed by atoms with van der Waals surface area (Å²) in [5.41, 5.74) is 1.70. The number of rotatable bonds is 9. The molecule has 33 heavy (non-hydrogen) atoms. The molecule has 2 aromatic rings. The fourth-order valence-corrected chi connectivity index (χ4v) is 5.41. The summed E-state index contributed by atoms with van der Waals surface area (Å²) in [4.78, 5) is 24.8. The molecule has 178 valence electrons. The molecule has 1 fully saturated rings. The van der Waals surface area contributed by atoms with E-state index in [9.17, 15) is 18.0 Å². The molecule has 0 bridgehead atoms. The van der Waals surface area contributed by atoms with Gasteiger partial charge in [-0.1, -0.05) is 26.0 Å². The number of anilines is 1. The lowest BCUT2D eigenvalue weighted by Crippen LogP contribution is -2.29. The maximum atomic E-state index is 13.0. The van der Waals surface area contributed by atoms with Crippen molar-refractivity contribution in [1.29, 1.82) is 0 Å². The number of nitrogens with one attached hydrogen (secondary N) is 2. The molecule has 0 unspecified atom stereocenters. The number of carbonyl (C=O) groups excluding carboxylic acids is 2. The molecule has 0 spiro atoms. The minimum absolute atomic E-state index is 0.00517. The van der Waals surface area contributed by atoms with Crippen LogP contribution in [0.25, 0.3) is 0 Å². The van der Waals surface area contributed by atoms with Gasteiger partial charge >= 0.3 is 0 Å². The Labute approximate surface area is 195 Å². The minimum Gasteiger partial charge on any atom is -0.495 e. The number of ether oxygens (including phenoxy) is 1. The number of carbonyl (C=O) groups is 2. The number of amides is 2. The highest BCUT2D eigenvalue weighted by molar-refractivity contribution is 7.89. The maximum Gasteiger partial charge on any atom is 0.251 e. The number of hydrogen-bond donors (Lipinski definition) is 2. The molecule has 2 aromatic carbocycles. The summed E-state index contributed by atoms with van der Waals surface area (Å²) in [6, 6.07) is 11.7. The highest BCUT2D eigenvalue weighted by atomic mass is 32.2. The molecule has 0 radical (unpaired) electrons. The van der Waals surface area contributed by atoms with Gasteiger partial charge in [0.15, 0.2) is 0 Å². The van der Waals surface area contributed by atoms with Crippen molar-refractivity contribution in [1.82, 2.24) is 9.62 Å². The van der Waals surface area contributed by atoms with E-state index in [1.165, 1.54) is 23.5 Å². The fourth-order valence-electron chi connectivity index (χ4n) is 3.71. The number of methoxy groups -OCH3 is 1. The van der Waals surface area contributed by atoms with Gasteiger partial charge in [-0.05, 0) is 54.7 Å². The zero-order valence-electron chi connectivity index (χ0n) is 19.3. The van der Waals surface area contributed by atoms with Crippen LogP contribution in [-0.4, -0.2) is 44.7 Å². The van der Waals surface area contributed by atoms with E-state index < -0.39 is 15.9 Å². The van der Waals surface area contributed by atoms with Gasteiger partial charge in [-0.25, -0.2) is 8.42 Å². The van der Waals surface area contributed by atoms with Crippen LogP contribution in [0.15, 0.2) is 47.4 Å². The predicted molar refractivity (Wildman–Crippen MR) is 127 cm³/mol. The summed E-state index contributed by atoms with van der Waals surface area (Å²) in [6.45, 7) is 5.11. The Bertz CT molecular complexity index is 1110. The third kappa shape index (κ3) is 6.33. The average molecular weight is 474 g/mol. The molecule has 9 heteroatoms. The van der Waals surface area contributed by atoms with Gasteiger partial charge in [-0.3, -0.25) is 9.59 Å². The predicted octanol–water partition coefficient (Wildman–Crippen LogP) is 3.39. The quantitative estimate of drug-likeness (QED) is 0.581. The molecular formula is C24H31N3O5S. The highest BCUT2D eigenvalue weighted by Crippen LogP contribution is 2.30. The normalized spacial score (nSPS) is 14.3. The van der Waals surface area contributed by atoms with Crippen molar-refractivity contribution in [3.63, 3.8) is 0 Å². The Hall–Kier alpha value is -2.91. The molecule has 1 aliphatic rings. The van der Waals surface area contributed by atoms with E-state index in [0.29, 0.717) is 25.2 Å². The van der Waals surface area contributed by atoms with Gasteiger partial charge in [-0.2, -0.15) is 4.31 Å². The Kier molecular flexibility index (Phi) is 8.10. The third-order valence-electron chi connectivity index (χ3n) is 5.37. The Morgan fingerprint density at radius 3 is 2.48 bits per heavy atom. The van der Waals surface area contributed by atoms with Crippen LogP contribution in [0.4, 0.5) is 5.69 Å². The first-order valence-electron chi connectivity index (χ1n) is 11.1. The second-order valence-electron chi connectivity index (χ2n) is 8.51. The zero-order valence-corrected chi connectivity index (χ0v) is 20.1. The lowest BCUT2D eigenvalue weighted by Gasteiger charge is -2.18. The standard InChI is InChI=1S/C24H31N3O5S/c1-17(2)13-23(28)26-20-8-6-7-18(14-20)16-25-24(29)19-9-10-21(32-3)22(15-19)33(30,31)27-11-4-5-12-27/h6-10,14-15,17H,4-5,11-13,16H2,1-3H3,(H,25,29)(H,26,28). The maximum absolute atomic E-state index is 13.0. The van der Waals surface area contributed by atoms with Crippen molar-refractivity contribution in [2.45, 2.75) is 44.6 Å². The molecule has 2 amide bonds. The summed E-state index contributed by atoms with van der Waals surface area (Å²) in [5.74, 6) is 0.0142. The van der Waals surface area contributed by atoms with Crippen LogP contribution < -0.4 is 15.4 Å². The zero-order chi connectivity index (χ0) is 24.0. The van der Waals surface area contributed by atoms with Crippen molar-refractivity contribution >= 4 is 27.5 Å². The van der Waals surface area contributed by atoms with Gasteiger partial charge < -0.3 is 15.4 Å². The van der Waals surface area contributed by atoms with Crippen LogP contribution in [0.1, 0.15) is 49.0 Å². The van der Waals surface area contributed by atoms with Crippen molar-refractivity contribution < 1.29 is 22.7 Å². The lowest BCUT2D eigenvalue weighted by atomic mass is 10.1. The van der Waals surface area contributed by atoms with Gasteiger partial charge in [-0.15, -0.1) is 0 Å². The first kappa shape index (κ1) is 24.7. The molecule has 0 saturated carbocycles. The van der Waals surface area contributed by atoms with Crippen LogP contribution in [0.5, 0.6) is 5.75 Å². The first-order chi connectivity index (χ1) is 15.7. The number of hydrogen-bond acceptors (Lipinski definition) is 5. The number of benzene rings is 2. The molecule has 8 nitrogen and oxygen atoms in total. The van der Waals surface area contributed by atoms with Gasteiger partial charge in [0.05, 0.1) is 7.11 Å². The highest BCUT2D eigenvalue weighted by Gasteiger charge is 2.30. The summed E-state index contributed by atoms with van der Waals surface area (Å²) in [5, 5.41) is 5.67. The molecule has 3 rings (SSSR count). The second kappa shape index (κ2) is 10.8. The number of sulfonamides is 1. The smallest absolute Gasteiger partial charge is 0.251 e. The first-order valence-corrected chi connectivity index (χ1v) is 12.5. The van der Waals surface area contributed by atoms with E-state index in [1.54, 1.807) is 24.3 Å². The van der Waals surface area contributed by atoms with Crippen LogP contribution in [-0.2, 0) is 21.4 Å². The molecule has 0 atom stereocenters. The number of nitrogens with zero attached hydrogens (tertiary/aromatic N) is 1. The van der Waals surface area contributed by atoms with Crippen LogP contribution in [0.3, 0.4) is 0 Å². The Morgan fingerprint density at radius 1 is 1.09 bits per heavy atom. The summed E-state index contributed by atoms with van der Waals surface area (Å²) >= 11 is 0. The minimum atomic E-state index is -3.74.